The summed E-state index contributed by atoms with van der Waals surface area (Å²) >= 11 is 1.81. The molecule has 0 amide bonds. The van der Waals surface area contributed by atoms with E-state index in [0.717, 1.165) is 33.3 Å². The van der Waals surface area contributed by atoms with Crippen LogP contribution in [0.1, 0.15) is 0 Å². The summed E-state index contributed by atoms with van der Waals surface area (Å²) in [5.74, 6) is 0.263. The smallest absolute Gasteiger partial charge is 0.156 e. The average molecular weight is 467 g/mol. The van der Waals surface area contributed by atoms with Crippen LogP contribution in [0.2, 0.25) is 0 Å². The highest BCUT2D eigenvalue weighted by Gasteiger charge is 2.19. The van der Waals surface area contributed by atoms with Gasteiger partial charge in [0.05, 0.1) is 21.4 Å². The molecule has 0 spiro atoms. The minimum Gasteiger partial charge on any atom is -0.508 e. The second kappa shape index (κ2) is 6.81. The van der Waals surface area contributed by atoms with Gasteiger partial charge < -0.3 is 5.11 Å². The van der Waals surface area contributed by atoms with E-state index in [9.17, 15) is 5.11 Å². The van der Waals surface area contributed by atoms with Crippen molar-refractivity contribution in [2.75, 3.05) is 0 Å². The highest BCUT2D eigenvalue weighted by atomic mass is 32.1. The van der Waals surface area contributed by atoms with Crippen LogP contribution in [0.4, 0.5) is 0 Å². The summed E-state index contributed by atoms with van der Waals surface area (Å²) in [5, 5.41) is 17.3. The second-order valence-corrected chi connectivity index (χ2v) is 10.1. The van der Waals surface area contributed by atoms with E-state index in [1.807, 2.05) is 23.5 Å². The zero-order chi connectivity index (χ0) is 23.1. The molecular weight excluding hydrogens is 448 g/mol. The first-order valence-electron chi connectivity index (χ1n) is 11.6. The number of aromatic nitrogens is 2. The lowest BCUT2D eigenvalue weighted by Crippen LogP contribution is -1.92. The van der Waals surface area contributed by atoms with Crippen LogP contribution in [0.3, 0.4) is 0 Å². The van der Waals surface area contributed by atoms with Crippen molar-refractivity contribution in [2.24, 2.45) is 0 Å². The largest absolute Gasteiger partial charge is 0.508 e. The van der Waals surface area contributed by atoms with Crippen molar-refractivity contribution in [3.8, 4) is 17.0 Å². The van der Waals surface area contributed by atoms with Gasteiger partial charge in [-0.1, -0.05) is 60.7 Å². The maximum atomic E-state index is 9.95. The quantitative estimate of drug-likeness (QED) is 0.263. The number of phenols is 1. The molecule has 3 heterocycles. The fourth-order valence-corrected chi connectivity index (χ4v) is 6.63. The molecule has 0 unspecified atom stereocenters. The third-order valence-electron chi connectivity index (χ3n) is 7.05. The lowest BCUT2D eigenvalue weighted by Gasteiger charge is -2.09. The first-order valence-corrected chi connectivity index (χ1v) is 12.4. The van der Waals surface area contributed by atoms with Crippen LogP contribution in [0, 0.1) is 0 Å². The van der Waals surface area contributed by atoms with Crippen LogP contribution < -0.4 is 0 Å². The molecule has 3 nitrogen and oxygen atoms in total. The molecule has 8 aromatic rings. The van der Waals surface area contributed by atoms with Gasteiger partial charge in [0.25, 0.3) is 0 Å². The number of rotatable bonds is 1. The van der Waals surface area contributed by atoms with E-state index in [-0.39, 0.29) is 5.75 Å². The zero-order valence-electron chi connectivity index (χ0n) is 18.6. The van der Waals surface area contributed by atoms with Crippen molar-refractivity contribution >= 4 is 69.7 Å². The predicted molar refractivity (Wildman–Crippen MR) is 148 cm³/mol. The molecule has 1 N–H and O–H groups in total. The third-order valence-corrected chi connectivity index (χ3v) is 8.22. The molecule has 4 heteroatoms. The predicted octanol–water partition coefficient (Wildman–Crippen LogP) is 8.53. The summed E-state index contributed by atoms with van der Waals surface area (Å²) in [6.07, 6.45) is 0. The molecule has 0 aliphatic rings. The van der Waals surface area contributed by atoms with Crippen LogP contribution in [0.15, 0.2) is 103 Å². The fourth-order valence-electron chi connectivity index (χ4n) is 5.45. The molecule has 0 saturated carbocycles. The number of thiophene rings is 1. The van der Waals surface area contributed by atoms with Gasteiger partial charge in [0.15, 0.2) is 5.65 Å². The van der Waals surface area contributed by atoms with Crippen LogP contribution in [-0.2, 0) is 0 Å². The maximum absolute atomic E-state index is 9.95. The van der Waals surface area contributed by atoms with Crippen molar-refractivity contribution in [3.63, 3.8) is 0 Å². The number of benzene rings is 5. The van der Waals surface area contributed by atoms with E-state index in [1.165, 1.54) is 36.3 Å². The number of fused-ring (bicyclic) bond motifs is 11. The van der Waals surface area contributed by atoms with Crippen LogP contribution in [0.5, 0.6) is 5.75 Å². The summed E-state index contributed by atoms with van der Waals surface area (Å²) < 4.78 is 4.74. The molecule has 5 aromatic carbocycles. The number of aromatic hydroxyl groups is 1. The van der Waals surface area contributed by atoms with Gasteiger partial charge in [-0.2, -0.15) is 0 Å². The highest BCUT2D eigenvalue weighted by molar-refractivity contribution is 7.26. The lowest BCUT2D eigenvalue weighted by molar-refractivity contribution is 0.475. The van der Waals surface area contributed by atoms with Crippen LogP contribution >= 0.6 is 11.3 Å². The van der Waals surface area contributed by atoms with Crippen molar-refractivity contribution in [1.29, 1.82) is 0 Å². The van der Waals surface area contributed by atoms with Gasteiger partial charge in [0.2, 0.25) is 0 Å². The molecule has 35 heavy (non-hydrogen) atoms. The summed E-state index contributed by atoms with van der Waals surface area (Å²) in [5.41, 5.74) is 5.19. The maximum Gasteiger partial charge on any atom is 0.156 e. The molecule has 0 atom stereocenters. The summed E-state index contributed by atoms with van der Waals surface area (Å²) in [6.45, 7) is 0. The zero-order valence-corrected chi connectivity index (χ0v) is 19.4. The Morgan fingerprint density at radius 2 is 1.40 bits per heavy atom. The lowest BCUT2D eigenvalue weighted by atomic mass is 10.0. The Labute approximate surface area is 204 Å². The van der Waals surface area contributed by atoms with Crippen molar-refractivity contribution in [3.05, 3.63) is 103 Å². The summed E-state index contributed by atoms with van der Waals surface area (Å²) in [4.78, 5) is 5.27. The number of nitrogens with zero attached hydrogens (tertiary/aromatic N) is 2. The van der Waals surface area contributed by atoms with Gasteiger partial charge in [-0.05, 0) is 64.2 Å². The Kier molecular flexibility index (Phi) is 3.69. The number of pyridine rings is 1. The molecule has 0 aliphatic heterocycles. The topological polar surface area (TPSA) is 37.5 Å². The Morgan fingerprint density at radius 1 is 0.686 bits per heavy atom. The Morgan fingerprint density at radius 3 is 2.23 bits per heavy atom. The van der Waals surface area contributed by atoms with Crippen LogP contribution in [-0.4, -0.2) is 14.5 Å². The minimum absolute atomic E-state index is 0.263. The number of imidazole rings is 1. The Balaban J connectivity index is 1.64. The second-order valence-electron chi connectivity index (χ2n) is 9.01. The molecule has 0 aliphatic carbocycles. The van der Waals surface area contributed by atoms with E-state index in [4.69, 9.17) is 4.98 Å². The average Bonchev–Trinajstić information content (AvgIpc) is 3.48. The monoisotopic (exact) mass is 466 g/mol. The van der Waals surface area contributed by atoms with Gasteiger partial charge in [-0.3, -0.25) is 4.40 Å². The molecule has 3 aromatic heterocycles. The number of hydrogen-bond acceptors (Lipinski definition) is 3. The molecule has 8 rings (SSSR count). The van der Waals surface area contributed by atoms with Crippen LogP contribution in [0.25, 0.3) is 69.7 Å². The number of phenolic OH excluding ortho intramolecular Hbond substituents is 1. The highest BCUT2D eigenvalue weighted by Crippen LogP contribution is 2.43. The van der Waals surface area contributed by atoms with Gasteiger partial charge >= 0.3 is 0 Å². The minimum atomic E-state index is 0.263. The first kappa shape index (κ1) is 19.0. The Bertz CT molecular complexity index is 2120. The van der Waals surface area contributed by atoms with Gasteiger partial charge in [0.1, 0.15) is 5.75 Å². The fraction of sp³-hybridized carbons (Fsp3) is 0. The van der Waals surface area contributed by atoms with E-state index >= 15 is 0 Å². The molecule has 164 valence electrons. The molecular formula is C31H18N2OS. The molecule has 0 radical (unpaired) electrons. The van der Waals surface area contributed by atoms with Gasteiger partial charge in [0, 0.05) is 20.9 Å². The Hall–Kier alpha value is -4.41. The summed E-state index contributed by atoms with van der Waals surface area (Å²) in [6, 6.07) is 35.6. The molecule has 0 fully saturated rings. The SMILES string of the molecule is Oc1ccc(-c2cc3c(sc4ccc5ccccc5c43)c3nc4c5ccccc5ccc4n23)cc1. The van der Waals surface area contributed by atoms with E-state index < -0.39 is 0 Å². The van der Waals surface area contributed by atoms with Gasteiger partial charge in [-0.15, -0.1) is 11.3 Å². The van der Waals surface area contributed by atoms with E-state index in [0.29, 0.717) is 0 Å². The standard InChI is InChI=1S/C31H18N2OS/c34-21-13-9-20(10-14-21)26-17-24-28-22-7-3-1-5-18(22)12-16-27(28)35-30(24)31-32-29-23-8-4-2-6-19(23)11-15-25(29)33(26)31/h1-17,34H. The third kappa shape index (κ3) is 2.57. The van der Waals surface area contributed by atoms with Crippen molar-refractivity contribution in [2.45, 2.75) is 0 Å². The van der Waals surface area contributed by atoms with Gasteiger partial charge in [-0.25, -0.2) is 4.98 Å². The van der Waals surface area contributed by atoms with E-state index in [2.05, 4.69) is 83.3 Å². The van der Waals surface area contributed by atoms with Crippen molar-refractivity contribution < 1.29 is 5.11 Å². The van der Waals surface area contributed by atoms with Crippen molar-refractivity contribution in [1.82, 2.24) is 9.38 Å². The van der Waals surface area contributed by atoms with E-state index in [1.54, 1.807) is 12.1 Å². The number of hydrogen-bond donors (Lipinski definition) is 1. The summed E-state index contributed by atoms with van der Waals surface area (Å²) in [7, 11) is 0. The molecule has 0 saturated heterocycles. The molecule has 0 bridgehead atoms. The normalized spacial score (nSPS) is 12.1. The first-order chi connectivity index (χ1) is 17.3.